The number of hydrogen-bond acceptors (Lipinski definition) is 5. The monoisotopic (exact) mass is 465 g/mol. The van der Waals surface area contributed by atoms with E-state index in [1.54, 1.807) is 11.0 Å². The zero-order valence-electron chi connectivity index (χ0n) is 18.1. The Morgan fingerprint density at radius 1 is 1.12 bits per heavy atom. The fourth-order valence-electron chi connectivity index (χ4n) is 4.29. The van der Waals surface area contributed by atoms with Gasteiger partial charge in [-0.25, -0.2) is 4.39 Å². The van der Waals surface area contributed by atoms with Gasteiger partial charge in [-0.1, -0.05) is 18.6 Å². The molecule has 1 N–H and O–H groups in total. The maximum Gasteiger partial charge on any atom is 0.237 e. The molecule has 3 heterocycles. The summed E-state index contributed by atoms with van der Waals surface area (Å²) in [5.74, 6) is 1.08. The van der Waals surface area contributed by atoms with Crippen LogP contribution in [0.3, 0.4) is 0 Å². The smallest absolute Gasteiger partial charge is 0.237 e. The van der Waals surface area contributed by atoms with Crippen molar-refractivity contribution in [2.75, 3.05) is 22.5 Å². The van der Waals surface area contributed by atoms with E-state index >= 15 is 0 Å². The fraction of sp³-hybridized carbons (Fsp3) is 0.333. The van der Waals surface area contributed by atoms with E-state index in [4.69, 9.17) is 0 Å². The van der Waals surface area contributed by atoms with E-state index in [2.05, 4.69) is 15.5 Å². The first kappa shape index (κ1) is 21.6. The van der Waals surface area contributed by atoms with E-state index in [-0.39, 0.29) is 24.8 Å². The van der Waals surface area contributed by atoms with Crippen molar-refractivity contribution in [3.63, 3.8) is 0 Å². The van der Waals surface area contributed by atoms with Crippen LogP contribution in [-0.4, -0.2) is 38.9 Å². The molecule has 0 spiro atoms. The third kappa shape index (κ3) is 4.50. The summed E-state index contributed by atoms with van der Waals surface area (Å²) in [6.07, 6.45) is 4.15. The first-order valence-corrected chi connectivity index (χ1v) is 12.1. The van der Waals surface area contributed by atoms with E-state index in [0.717, 1.165) is 48.6 Å². The van der Waals surface area contributed by atoms with Crippen LogP contribution in [0.4, 0.5) is 15.8 Å². The molecule has 1 aromatic heterocycles. The van der Waals surface area contributed by atoms with E-state index in [9.17, 15) is 14.0 Å². The lowest BCUT2D eigenvalue weighted by molar-refractivity contribution is -0.117. The van der Waals surface area contributed by atoms with Gasteiger partial charge in [0.15, 0.2) is 5.82 Å². The molecule has 170 valence electrons. The average Bonchev–Trinajstić information content (AvgIpc) is 3.07. The highest BCUT2D eigenvalue weighted by atomic mass is 32.2. The van der Waals surface area contributed by atoms with Gasteiger partial charge >= 0.3 is 0 Å². The number of carbonyl (C=O) groups excluding carboxylic acids is 2. The van der Waals surface area contributed by atoms with Crippen molar-refractivity contribution in [1.29, 1.82) is 0 Å². The maximum atomic E-state index is 14.7. The molecule has 0 aliphatic carbocycles. The number of benzene rings is 2. The normalized spacial score (nSPS) is 15.5. The van der Waals surface area contributed by atoms with Crippen molar-refractivity contribution in [3.05, 3.63) is 54.1 Å². The van der Waals surface area contributed by atoms with E-state index < -0.39 is 5.82 Å². The lowest BCUT2D eigenvalue weighted by Gasteiger charge is -2.28. The highest BCUT2D eigenvalue weighted by Crippen LogP contribution is 2.35. The van der Waals surface area contributed by atoms with Crippen LogP contribution in [0, 0.1) is 5.82 Å². The number of nitrogens with one attached hydrogen (secondary N) is 1. The first-order valence-electron chi connectivity index (χ1n) is 11.1. The second kappa shape index (κ2) is 9.35. The van der Waals surface area contributed by atoms with Gasteiger partial charge in [-0.15, -0.1) is 22.0 Å². The minimum atomic E-state index is -0.402. The molecule has 0 saturated heterocycles. The molecule has 0 saturated carbocycles. The number of para-hydroxylation sites is 1. The van der Waals surface area contributed by atoms with Gasteiger partial charge < -0.3 is 14.8 Å². The number of hydrogen-bond donors (Lipinski definition) is 1. The Balaban J connectivity index is 1.29. The minimum Gasteiger partial charge on any atom is -0.326 e. The SMILES string of the molecule is O=C(CCN1C(=O)CSc2ccccc21)Nc1ccc(F)c(-c2nnc3n2CCCCC3)c1. The standard InChI is InChI=1S/C24H24FN5O2S/c25-18-10-9-16(14-17(18)24-28-27-21-8-2-1-5-12-30(21)24)26-22(31)11-13-29-19-6-3-4-7-20(19)33-15-23(29)32/h3-4,6-7,9-10,14H,1-2,5,8,11-13,15H2,(H,26,31). The quantitative estimate of drug-likeness (QED) is 0.609. The molecule has 2 aromatic carbocycles. The summed E-state index contributed by atoms with van der Waals surface area (Å²) in [6.45, 7) is 1.05. The third-order valence-corrected chi connectivity index (χ3v) is 7.02. The summed E-state index contributed by atoms with van der Waals surface area (Å²) in [5, 5.41) is 11.3. The lowest BCUT2D eigenvalue weighted by atomic mass is 10.1. The molecular formula is C24H24FN5O2S. The number of nitrogens with zero attached hydrogens (tertiary/aromatic N) is 4. The van der Waals surface area contributed by atoms with Crippen LogP contribution in [0.2, 0.25) is 0 Å². The molecule has 2 amide bonds. The van der Waals surface area contributed by atoms with Crippen LogP contribution in [0.25, 0.3) is 11.4 Å². The molecule has 5 rings (SSSR count). The molecule has 0 unspecified atom stereocenters. The summed E-state index contributed by atoms with van der Waals surface area (Å²) in [5.41, 5.74) is 1.65. The van der Waals surface area contributed by atoms with Crippen molar-refractivity contribution in [2.45, 2.75) is 43.5 Å². The van der Waals surface area contributed by atoms with Crippen LogP contribution >= 0.6 is 11.8 Å². The van der Waals surface area contributed by atoms with E-state index in [0.29, 0.717) is 22.8 Å². The molecule has 7 nitrogen and oxygen atoms in total. The van der Waals surface area contributed by atoms with E-state index in [1.807, 2.05) is 28.8 Å². The number of aryl methyl sites for hydroxylation is 1. The molecule has 0 fully saturated rings. The van der Waals surface area contributed by atoms with Crippen molar-refractivity contribution in [3.8, 4) is 11.4 Å². The number of amides is 2. The van der Waals surface area contributed by atoms with Gasteiger partial charge in [0.25, 0.3) is 0 Å². The second-order valence-corrected chi connectivity index (χ2v) is 9.21. The van der Waals surface area contributed by atoms with Gasteiger partial charge in [-0.2, -0.15) is 0 Å². The van der Waals surface area contributed by atoms with Crippen molar-refractivity contribution in [1.82, 2.24) is 14.8 Å². The zero-order valence-corrected chi connectivity index (χ0v) is 18.9. The molecule has 2 aliphatic heterocycles. The molecular weight excluding hydrogens is 441 g/mol. The second-order valence-electron chi connectivity index (χ2n) is 8.20. The summed E-state index contributed by atoms with van der Waals surface area (Å²) < 4.78 is 16.7. The number of carbonyl (C=O) groups is 2. The Bertz CT molecular complexity index is 1210. The summed E-state index contributed by atoms with van der Waals surface area (Å²) in [7, 11) is 0. The van der Waals surface area contributed by atoms with Crippen molar-refractivity contribution in [2.24, 2.45) is 0 Å². The van der Waals surface area contributed by atoms with Crippen LogP contribution in [0.1, 0.15) is 31.5 Å². The predicted molar refractivity (Wildman–Crippen MR) is 126 cm³/mol. The molecule has 0 radical (unpaired) electrons. The Labute approximate surface area is 195 Å². The van der Waals surface area contributed by atoms with Crippen LogP contribution in [-0.2, 0) is 22.6 Å². The third-order valence-electron chi connectivity index (χ3n) is 5.97. The Morgan fingerprint density at radius 2 is 2.00 bits per heavy atom. The number of halogens is 1. The van der Waals surface area contributed by atoms with Gasteiger partial charge in [-0.3, -0.25) is 9.59 Å². The maximum absolute atomic E-state index is 14.7. The Morgan fingerprint density at radius 3 is 2.91 bits per heavy atom. The first-order chi connectivity index (χ1) is 16.1. The summed E-state index contributed by atoms with van der Waals surface area (Å²) in [6, 6.07) is 12.2. The number of thioether (sulfide) groups is 1. The van der Waals surface area contributed by atoms with Crippen LogP contribution in [0.15, 0.2) is 47.4 Å². The number of fused-ring (bicyclic) bond motifs is 2. The Kier molecular flexibility index (Phi) is 6.13. The molecule has 3 aromatic rings. The van der Waals surface area contributed by atoms with Crippen molar-refractivity contribution >= 4 is 35.0 Å². The van der Waals surface area contributed by atoms with Crippen molar-refractivity contribution < 1.29 is 14.0 Å². The zero-order chi connectivity index (χ0) is 22.8. The minimum absolute atomic E-state index is 0.0110. The highest BCUT2D eigenvalue weighted by molar-refractivity contribution is 8.00. The topological polar surface area (TPSA) is 80.1 Å². The molecule has 0 atom stereocenters. The fourth-order valence-corrected chi connectivity index (χ4v) is 5.23. The highest BCUT2D eigenvalue weighted by Gasteiger charge is 2.25. The average molecular weight is 466 g/mol. The molecule has 33 heavy (non-hydrogen) atoms. The lowest BCUT2D eigenvalue weighted by Crippen LogP contribution is -2.37. The van der Waals surface area contributed by atoms with Gasteiger partial charge in [0.1, 0.15) is 11.6 Å². The molecule has 0 bridgehead atoms. The number of aromatic nitrogens is 3. The van der Waals surface area contributed by atoms with Gasteiger partial charge in [0.2, 0.25) is 11.8 Å². The summed E-state index contributed by atoms with van der Waals surface area (Å²) in [4.78, 5) is 27.7. The number of anilines is 2. The van der Waals surface area contributed by atoms with Crippen LogP contribution in [0.5, 0.6) is 0 Å². The molecule has 9 heteroatoms. The van der Waals surface area contributed by atoms with Gasteiger partial charge in [0, 0.05) is 36.5 Å². The van der Waals surface area contributed by atoms with Crippen LogP contribution < -0.4 is 10.2 Å². The largest absolute Gasteiger partial charge is 0.326 e. The predicted octanol–water partition coefficient (Wildman–Crippen LogP) is 4.28. The van der Waals surface area contributed by atoms with E-state index in [1.165, 1.54) is 23.9 Å². The van der Waals surface area contributed by atoms with Gasteiger partial charge in [0.05, 0.1) is 17.0 Å². The number of rotatable bonds is 5. The molecule has 2 aliphatic rings. The Hall–Kier alpha value is -3.20. The van der Waals surface area contributed by atoms with Gasteiger partial charge in [-0.05, 0) is 43.2 Å². The summed E-state index contributed by atoms with van der Waals surface area (Å²) >= 11 is 1.51.